The summed E-state index contributed by atoms with van der Waals surface area (Å²) in [6, 6.07) is 14.0. The molecule has 0 aromatic heterocycles. The number of anilines is 2. The van der Waals surface area contributed by atoms with E-state index in [0.29, 0.717) is 16.3 Å². The Kier molecular flexibility index (Phi) is 5.14. The van der Waals surface area contributed by atoms with Gasteiger partial charge in [-0.15, -0.1) is 0 Å². The largest absolute Gasteiger partial charge is 0.399 e. The fourth-order valence-electron chi connectivity index (χ4n) is 1.73. The SMILES string of the molecule is CC(C(=O)Nc1cccc(N)c1)S(=O)c1ccc(Br)cc1. The summed E-state index contributed by atoms with van der Waals surface area (Å²) >= 11 is 3.32. The second-order valence-electron chi connectivity index (χ2n) is 4.51. The van der Waals surface area contributed by atoms with Crippen molar-refractivity contribution in [3.8, 4) is 0 Å². The first-order chi connectivity index (χ1) is 9.97. The van der Waals surface area contributed by atoms with Gasteiger partial charge in [0.1, 0.15) is 5.25 Å². The van der Waals surface area contributed by atoms with E-state index in [1.165, 1.54) is 0 Å². The molecule has 0 radical (unpaired) electrons. The van der Waals surface area contributed by atoms with Crippen molar-refractivity contribution in [2.45, 2.75) is 17.1 Å². The number of hydrogen-bond acceptors (Lipinski definition) is 3. The third-order valence-electron chi connectivity index (χ3n) is 2.89. The maximum absolute atomic E-state index is 12.4. The van der Waals surface area contributed by atoms with Gasteiger partial charge in [0.05, 0.1) is 10.8 Å². The molecule has 0 heterocycles. The van der Waals surface area contributed by atoms with Crippen LogP contribution in [0.15, 0.2) is 57.9 Å². The molecule has 2 aromatic rings. The van der Waals surface area contributed by atoms with Gasteiger partial charge in [0.15, 0.2) is 0 Å². The maximum atomic E-state index is 12.4. The molecule has 110 valence electrons. The standard InChI is InChI=1S/C15H15BrN2O2S/c1-10(21(20)14-7-5-11(16)6-8-14)15(19)18-13-4-2-3-12(17)9-13/h2-10H,17H2,1H3,(H,18,19). The van der Waals surface area contributed by atoms with Gasteiger partial charge in [0.25, 0.3) is 0 Å². The number of carbonyl (C=O) groups excluding carboxylic acids is 1. The van der Waals surface area contributed by atoms with Gasteiger partial charge in [-0.25, -0.2) is 0 Å². The summed E-state index contributed by atoms with van der Waals surface area (Å²) in [5, 5.41) is 2.06. The summed E-state index contributed by atoms with van der Waals surface area (Å²) < 4.78 is 13.3. The minimum absolute atomic E-state index is 0.304. The Labute approximate surface area is 134 Å². The van der Waals surface area contributed by atoms with E-state index in [9.17, 15) is 9.00 Å². The molecule has 0 saturated carbocycles. The lowest BCUT2D eigenvalue weighted by molar-refractivity contribution is -0.115. The van der Waals surface area contributed by atoms with Crippen molar-refractivity contribution in [3.05, 3.63) is 53.0 Å². The van der Waals surface area contributed by atoms with Gasteiger partial charge in [0, 0.05) is 20.7 Å². The fraction of sp³-hybridized carbons (Fsp3) is 0.133. The van der Waals surface area contributed by atoms with Crippen molar-refractivity contribution in [2.75, 3.05) is 11.1 Å². The summed E-state index contributed by atoms with van der Waals surface area (Å²) in [6.07, 6.45) is 0. The van der Waals surface area contributed by atoms with Crippen LogP contribution in [0.25, 0.3) is 0 Å². The third kappa shape index (κ3) is 4.15. The summed E-state index contributed by atoms with van der Waals surface area (Å²) in [4.78, 5) is 12.8. The molecule has 0 bridgehead atoms. The Bertz CT molecular complexity index is 674. The fourth-order valence-corrected chi connectivity index (χ4v) is 3.06. The van der Waals surface area contributed by atoms with Crippen LogP contribution in [0.2, 0.25) is 0 Å². The number of nitrogen functional groups attached to an aromatic ring is 1. The first-order valence-electron chi connectivity index (χ1n) is 6.30. The predicted molar refractivity (Wildman–Crippen MR) is 89.5 cm³/mol. The van der Waals surface area contributed by atoms with Crippen molar-refractivity contribution >= 4 is 44.0 Å². The van der Waals surface area contributed by atoms with E-state index in [4.69, 9.17) is 5.73 Å². The van der Waals surface area contributed by atoms with Crippen LogP contribution in [0.5, 0.6) is 0 Å². The predicted octanol–water partition coefficient (Wildman–Crippen LogP) is 3.17. The lowest BCUT2D eigenvalue weighted by Gasteiger charge is -2.12. The van der Waals surface area contributed by atoms with Crippen LogP contribution in [0.1, 0.15) is 6.92 Å². The molecule has 3 N–H and O–H groups in total. The number of amides is 1. The Balaban J connectivity index is 2.08. The first-order valence-corrected chi connectivity index (χ1v) is 8.30. The normalized spacial score (nSPS) is 13.4. The Morgan fingerprint density at radius 1 is 1.24 bits per heavy atom. The summed E-state index contributed by atoms with van der Waals surface area (Å²) in [6.45, 7) is 1.64. The molecule has 2 aromatic carbocycles. The molecule has 2 atom stereocenters. The second-order valence-corrected chi connectivity index (χ2v) is 7.20. The second kappa shape index (κ2) is 6.87. The van der Waals surface area contributed by atoms with E-state index in [-0.39, 0.29) is 5.91 Å². The lowest BCUT2D eigenvalue weighted by atomic mass is 10.3. The molecule has 2 rings (SSSR count). The summed E-state index contributed by atoms with van der Waals surface area (Å²) in [5.41, 5.74) is 6.82. The molecule has 4 nitrogen and oxygen atoms in total. The highest BCUT2D eigenvalue weighted by Gasteiger charge is 2.21. The average molecular weight is 367 g/mol. The number of nitrogens with two attached hydrogens (primary N) is 1. The van der Waals surface area contributed by atoms with E-state index in [0.717, 1.165) is 4.47 Å². The van der Waals surface area contributed by atoms with Crippen molar-refractivity contribution in [2.24, 2.45) is 0 Å². The zero-order chi connectivity index (χ0) is 15.4. The van der Waals surface area contributed by atoms with Crippen molar-refractivity contribution in [1.82, 2.24) is 0 Å². The Morgan fingerprint density at radius 3 is 2.52 bits per heavy atom. The van der Waals surface area contributed by atoms with Gasteiger partial charge in [-0.1, -0.05) is 22.0 Å². The minimum atomic E-state index is -1.41. The minimum Gasteiger partial charge on any atom is -0.399 e. The molecule has 0 aliphatic rings. The third-order valence-corrected chi connectivity index (χ3v) is 5.01. The summed E-state index contributed by atoms with van der Waals surface area (Å²) in [5.74, 6) is -0.304. The lowest BCUT2D eigenvalue weighted by Crippen LogP contribution is -2.29. The van der Waals surface area contributed by atoms with E-state index in [1.807, 2.05) is 0 Å². The van der Waals surface area contributed by atoms with Gasteiger partial charge < -0.3 is 11.1 Å². The number of halogens is 1. The molecule has 0 spiro atoms. The van der Waals surface area contributed by atoms with Crippen LogP contribution in [-0.2, 0) is 15.6 Å². The van der Waals surface area contributed by atoms with Gasteiger partial charge in [0.2, 0.25) is 5.91 Å². The van der Waals surface area contributed by atoms with Crippen LogP contribution < -0.4 is 11.1 Å². The van der Waals surface area contributed by atoms with Crippen molar-refractivity contribution in [1.29, 1.82) is 0 Å². The Hall–Kier alpha value is -1.66. The van der Waals surface area contributed by atoms with Crippen LogP contribution in [0.3, 0.4) is 0 Å². The van der Waals surface area contributed by atoms with Crippen LogP contribution in [0, 0.1) is 0 Å². The Morgan fingerprint density at radius 2 is 1.90 bits per heavy atom. The zero-order valence-corrected chi connectivity index (χ0v) is 13.8. The number of carbonyl (C=O) groups is 1. The summed E-state index contributed by atoms with van der Waals surface area (Å²) in [7, 11) is -1.41. The van der Waals surface area contributed by atoms with Gasteiger partial charge >= 0.3 is 0 Å². The average Bonchev–Trinajstić information content (AvgIpc) is 2.46. The number of benzene rings is 2. The smallest absolute Gasteiger partial charge is 0.240 e. The van der Waals surface area contributed by atoms with Gasteiger partial charge in [-0.3, -0.25) is 9.00 Å². The van der Waals surface area contributed by atoms with Crippen LogP contribution in [-0.4, -0.2) is 15.4 Å². The van der Waals surface area contributed by atoms with E-state index >= 15 is 0 Å². The van der Waals surface area contributed by atoms with Crippen LogP contribution in [0.4, 0.5) is 11.4 Å². The quantitative estimate of drug-likeness (QED) is 0.816. The first kappa shape index (κ1) is 15.7. The molecule has 21 heavy (non-hydrogen) atoms. The molecular formula is C15H15BrN2O2S. The van der Waals surface area contributed by atoms with Gasteiger partial charge in [-0.05, 0) is 49.4 Å². The van der Waals surface area contributed by atoms with E-state index in [2.05, 4.69) is 21.2 Å². The number of rotatable bonds is 4. The molecule has 6 heteroatoms. The number of hydrogen-bond donors (Lipinski definition) is 2. The zero-order valence-electron chi connectivity index (χ0n) is 11.4. The van der Waals surface area contributed by atoms with E-state index in [1.54, 1.807) is 55.5 Å². The highest BCUT2D eigenvalue weighted by atomic mass is 79.9. The van der Waals surface area contributed by atoms with E-state index < -0.39 is 16.0 Å². The highest BCUT2D eigenvalue weighted by molar-refractivity contribution is 9.10. The van der Waals surface area contributed by atoms with Gasteiger partial charge in [-0.2, -0.15) is 0 Å². The molecule has 0 aliphatic carbocycles. The monoisotopic (exact) mass is 366 g/mol. The number of nitrogens with one attached hydrogen (secondary N) is 1. The molecule has 0 aliphatic heterocycles. The van der Waals surface area contributed by atoms with Crippen molar-refractivity contribution < 1.29 is 9.00 Å². The molecule has 2 unspecified atom stereocenters. The molecular weight excluding hydrogens is 352 g/mol. The maximum Gasteiger partial charge on any atom is 0.240 e. The molecule has 0 saturated heterocycles. The topological polar surface area (TPSA) is 72.2 Å². The molecule has 0 fully saturated rings. The molecule has 1 amide bonds. The van der Waals surface area contributed by atoms with Crippen LogP contribution >= 0.6 is 15.9 Å². The highest BCUT2D eigenvalue weighted by Crippen LogP contribution is 2.18. The van der Waals surface area contributed by atoms with Crippen molar-refractivity contribution in [3.63, 3.8) is 0 Å².